The second-order valence-electron chi connectivity index (χ2n) is 6.71. The standard InChI is InChI=1S/C23H18N2O3S/c1-2-13-24-29(27,28)20-10-7-16(8-11-20)23(26)25-19-9-12-22-18(15-19)14-17-5-3-4-6-21(17)22/h1,3-12,15,24H,13-14H2,(H,25,26). The molecule has 5 nitrogen and oxygen atoms in total. The first-order chi connectivity index (χ1) is 14.0. The lowest BCUT2D eigenvalue weighted by molar-refractivity contribution is 0.102. The predicted molar refractivity (Wildman–Crippen MR) is 113 cm³/mol. The lowest BCUT2D eigenvalue weighted by atomic mass is 10.1. The van der Waals surface area contributed by atoms with Gasteiger partial charge < -0.3 is 5.32 Å². The van der Waals surface area contributed by atoms with Crippen molar-refractivity contribution in [3.63, 3.8) is 0 Å². The van der Waals surface area contributed by atoms with Crippen molar-refractivity contribution < 1.29 is 13.2 Å². The second kappa shape index (κ2) is 7.55. The molecule has 0 atom stereocenters. The molecule has 4 rings (SSSR count). The summed E-state index contributed by atoms with van der Waals surface area (Å²) < 4.78 is 26.4. The first-order valence-electron chi connectivity index (χ1n) is 9.04. The van der Waals surface area contributed by atoms with Crippen LogP contribution in [0.3, 0.4) is 0 Å². The lowest BCUT2D eigenvalue weighted by Crippen LogP contribution is -2.24. The van der Waals surface area contributed by atoms with Gasteiger partial charge in [-0.2, -0.15) is 4.72 Å². The third-order valence-corrected chi connectivity index (χ3v) is 6.26. The summed E-state index contributed by atoms with van der Waals surface area (Å²) >= 11 is 0. The fraction of sp³-hybridized carbons (Fsp3) is 0.0870. The van der Waals surface area contributed by atoms with Gasteiger partial charge in [-0.25, -0.2) is 8.42 Å². The Morgan fingerprint density at radius 3 is 2.45 bits per heavy atom. The maximum atomic E-state index is 12.6. The minimum Gasteiger partial charge on any atom is -0.322 e. The third kappa shape index (κ3) is 3.79. The molecule has 6 heteroatoms. The van der Waals surface area contributed by atoms with E-state index in [1.54, 1.807) is 0 Å². The van der Waals surface area contributed by atoms with Crippen LogP contribution in [0.1, 0.15) is 21.5 Å². The summed E-state index contributed by atoms with van der Waals surface area (Å²) in [7, 11) is -3.68. The van der Waals surface area contributed by atoms with Gasteiger partial charge in [0.15, 0.2) is 0 Å². The van der Waals surface area contributed by atoms with Gasteiger partial charge in [-0.1, -0.05) is 36.3 Å². The molecular formula is C23H18N2O3S. The molecule has 0 saturated heterocycles. The SMILES string of the molecule is C#CCNS(=O)(=O)c1ccc(C(=O)Nc2ccc3c(c2)Cc2ccccc2-3)cc1. The van der Waals surface area contributed by atoms with Gasteiger partial charge in [0.1, 0.15) is 0 Å². The normalized spacial score (nSPS) is 12.0. The number of carbonyl (C=O) groups excluding carboxylic acids is 1. The Morgan fingerprint density at radius 2 is 1.69 bits per heavy atom. The van der Waals surface area contributed by atoms with Crippen molar-refractivity contribution in [2.75, 3.05) is 11.9 Å². The molecule has 2 N–H and O–H groups in total. The Labute approximate surface area is 169 Å². The van der Waals surface area contributed by atoms with Crippen molar-refractivity contribution in [3.8, 4) is 23.5 Å². The summed E-state index contributed by atoms with van der Waals surface area (Å²) in [6.45, 7) is -0.0905. The van der Waals surface area contributed by atoms with E-state index in [2.05, 4.69) is 28.1 Å². The maximum absolute atomic E-state index is 12.6. The quantitative estimate of drug-likeness (QED) is 0.502. The largest absolute Gasteiger partial charge is 0.322 e. The van der Waals surface area contributed by atoms with Crippen LogP contribution in [0.4, 0.5) is 5.69 Å². The number of anilines is 1. The molecule has 0 spiro atoms. The number of sulfonamides is 1. The Bertz CT molecular complexity index is 1240. The van der Waals surface area contributed by atoms with E-state index in [-0.39, 0.29) is 17.3 Å². The molecule has 0 saturated carbocycles. The van der Waals surface area contributed by atoms with E-state index in [9.17, 15) is 13.2 Å². The topological polar surface area (TPSA) is 75.3 Å². The number of rotatable bonds is 5. The number of hydrogen-bond donors (Lipinski definition) is 2. The first-order valence-corrected chi connectivity index (χ1v) is 10.5. The smallest absolute Gasteiger partial charge is 0.255 e. The average Bonchev–Trinajstić information content (AvgIpc) is 3.10. The van der Waals surface area contributed by atoms with Crippen LogP contribution < -0.4 is 10.0 Å². The summed E-state index contributed by atoms with van der Waals surface area (Å²) in [6, 6.07) is 19.9. The molecule has 3 aromatic rings. The fourth-order valence-electron chi connectivity index (χ4n) is 3.43. The Balaban J connectivity index is 1.49. The molecule has 144 valence electrons. The summed E-state index contributed by atoms with van der Waals surface area (Å²) in [5.74, 6) is 1.91. The van der Waals surface area contributed by atoms with Crippen molar-refractivity contribution in [3.05, 3.63) is 83.4 Å². The third-order valence-electron chi connectivity index (χ3n) is 4.84. The zero-order valence-electron chi connectivity index (χ0n) is 15.5. The minimum atomic E-state index is -3.68. The zero-order chi connectivity index (χ0) is 20.4. The molecule has 3 aromatic carbocycles. The Kier molecular flexibility index (Phi) is 4.93. The van der Waals surface area contributed by atoms with Crippen LogP contribution in [0, 0.1) is 12.3 Å². The van der Waals surface area contributed by atoms with Gasteiger partial charge in [0.05, 0.1) is 11.4 Å². The molecule has 1 amide bonds. The molecule has 0 unspecified atom stereocenters. The number of hydrogen-bond acceptors (Lipinski definition) is 3. The van der Waals surface area contributed by atoms with Crippen molar-refractivity contribution in [1.29, 1.82) is 0 Å². The highest BCUT2D eigenvalue weighted by atomic mass is 32.2. The van der Waals surface area contributed by atoms with E-state index in [0.717, 1.165) is 6.42 Å². The van der Waals surface area contributed by atoms with Gasteiger partial charge in [0.25, 0.3) is 5.91 Å². The summed E-state index contributed by atoms with van der Waals surface area (Å²) in [5.41, 5.74) is 5.94. The number of nitrogens with one attached hydrogen (secondary N) is 2. The molecular weight excluding hydrogens is 384 g/mol. The van der Waals surface area contributed by atoms with E-state index < -0.39 is 10.0 Å². The fourth-order valence-corrected chi connectivity index (χ4v) is 4.37. The molecule has 1 aliphatic rings. The number of carbonyl (C=O) groups is 1. The first kappa shape index (κ1) is 18.9. The second-order valence-corrected chi connectivity index (χ2v) is 8.48. The predicted octanol–water partition coefficient (Wildman–Crippen LogP) is 3.42. The molecule has 0 aromatic heterocycles. The van der Waals surface area contributed by atoms with Crippen LogP contribution in [0.25, 0.3) is 11.1 Å². The minimum absolute atomic E-state index is 0.0552. The summed E-state index contributed by atoms with van der Waals surface area (Å²) in [5, 5.41) is 2.88. The highest BCUT2D eigenvalue weighted by Gasteiger charge is 2.19. The summed E-state index contributed by atoms with van der Waals surface area (Å²) in [4.78, 5) is 12.6. The van der Waals surface area contributed by atoms with Gasteiger partial charge in [-0.05, 0) is 65.1 Å². The summed E-state index contributed by atoms with van der Waals surface area (Å²) in [6.07, 6.45) is 5.92. The van der Waals surface area contributed by atoms with E-state index in [1.807, 2.05) is 30.3 Å². The van der Waals surface area contributed by atoms with Crippen molar-refractivity contribution in [1.82, 2.24) is 4.72 Å². The van der Waals surface area contributed by atoms with Crippen LogP contribution >= 0.6 is 0 Å². The number of terminal acetylenes is 1. The molecule has 1 aliphatic carbocycles. The lowest BCUT2D eigenvalue weighted by Gasteiger charge is -2.09. The van der Waals surface area contributed by atoms with E-state index in [4.69, 9.17) is 6.42 Å². The molecule has 0 bridgehead atoms. The highest BCUT2D eigenvalue weighted by Crippen LogP contribution is 2.37. The number of amides is 1. The molecule has 0 aliphatic heterocycles. The molecule has 0 fully saturated rings. The average molecular weight is 402 g/mol. The Hall–Kier alpha value is -3.40. The van der Waals surface area contributed by atoms with Crippen LogP contribution in [0.15, 0.2) is 71.6 Å². The zero-order valence-corrected chi connectivity index (χ0v) is 16.3. The monoisotopic (exact) mass is 402 g/mol. The van der Waals surface area contributed by atoms with E-state index in [1.165, 1.54) is 46.5 Å². The van der Waals surface area contributed by atoms with Crippen molar-refractivity contribution in [2.24, 2.45) is 0 Å². The van der Waals surface area contributed by atoms with Gasteiger partial charge in [-0.3, -0.25) is 4.79 Å². The molecule has 0 heterocycles. The van der Waals surface area contributed by atoms with Crippen LogP contribution in [-0.4, -0.2) is 20.9 Å². The molecule has 29 heavy (non-hydrogen) atoms. The molecule has 0 radical (unpaired) electrons. The van der Waals surface area contributed by atoms with Crippen molar-refractivity contribution >= 4 is 21.6 Å². The van der Waals surface area contributed by atoms with E-state index >= 15 is 0 Å². The number of benzene rings is 3. The van der Waals surface area contributed by atoms with Crippen LogP contribution in [-0.2, 0) is 16.4 Å². The van der Waals surface area contributed by atoms with E-state index in [0.29, 0.717) is 11.3 Å². The number of fused-ring (bicyclic) bond motifs is 3. The maximum Gasteiger partial charge on any atom is 0.255 e. The van der Waals surface area contributed by atoms with Gasteiger partial charge in [0.2, 0.25) is 10.0 Å². The van der Waals surface area contributed by atoms with Crippen molar-refractivity contribution in [2.45, 2.75) is 11.3 Å². The van der Waals surface area contributed by atoms with Gasteiger partial charge >= 0.3 is 0 Å². The van der Waals surface area contributed by atoms with Crippen LogP contribution in [0.2, 0.25) is 0 Å². The van der Waals surface area contributed by atoms with Crippen LogP contribution in [0.5, 0.6) is 0 Å². The highest BCUT2D eigenvalue weighted by molar-refractivity contribution is 7.89. The Morgan fingerprint density at radius 1 is 0.966 bits per heavy atom. The van der Waals surface area contributed by atoms with Gasteiger partial charge in [0, 0.05) is 11.3 Å². The van der Waals surface area contributed by atoms with Gasteiger partial charge in [-0.15, -0.1) is 6.42 Å².